The summed E-state index contributed by atoms with van der Waals surface area (Å²) in [7, 11) is 0. The zero-order valence-electron chi connectivity index (χ0n) is 14.2. The van der Waals surface area contributed by atoms with Gasteiger partial charge >= 0.3 is 12.6 Å². The van der Waals surface area contributed by atoms with Crippen molar-refractivity contribution >= 4 is 22.7 Å². The van der Waals surface area contributed by atoms with Gasteiger partial charge < -0.3 is 14.0 Å². The van der Waals surface area contributed by atoms with Gasteiger partial charge in [-0.25, -0.2) is 0 Å². The van der Waals surface area contributed by atoms with Crippen molar-refractivity contribution in [3.63, 3.8) is 0 Å². The number of halogens is 2. The third-order valence-electron chi connectivity index (χ3n) is 3.81. The van der Waals surface area contributed by atoms with E-state index in [9.17, 15) is 18.4 Å². The summed E-state index contributed by atoms with van der Waals surface area (Å²) in [4.78, 5) is 24.4. The monoisotopic (exact) mass is 375 g/mol. The molecule has 1 atom stereocenters. The largest absolute Gasteiger partial charge is 0.454 e. The fraction of sp³-hybridized carbons (Fsp3) is 0.211. The molecule has 0 N–H and O–H groups in total. The number of nitrogens with zero attached hydrogens (tertiary/aromatic N) is 1. The van der Waals surface area contributed by atoms with Gasteiger partial charge in [-0.3, -0.25) is 9.59 Å². The zero-order valence-corrected chi connectivity index (χ0v) is 14.2. The number of fused-ring (bicyclic) bond motifs is 1. The third kappa shape index (κ3) is 4.46. The van der Waals surface area contributed by atoms with Crippen molar-refractivity contribution in [3.8, 4) is 5.75 Å². The number of ether oxygens (including phenoxy) is 2. The molecule has 0 amide bonds. The summed E-state index contributed by atoms with van der Waals surface area (Å²) >= 11 is 0. The minimum absolute atomic E-state index is 0.0656. The molecule has 140 valence electrons. The van der Waals surface area contributed by atoms with Crippen molar-refractivity contribution in [1.82, 2.24) is 5.16 Å². The van der Waals surface area contributed by atoms with Crippen LogP contribution in [0.15, 0.2) is 53.1 Å². The Kier molecular flexibility index (Phi) is 5.44. The molecule has 0 unspecified atom stereocenters. The van der Waals surface area contributed by atoms with Crippen LogP contribution < -0.4 is 4.74 Å². The number of Topliss-reactive ketones (excluding diaryl/α,β-unsaturated/α-hetero) is 1. The van der Waals surface area contributed by atoms with E-state index in [-0.39, 0.29) is 17.7 Å². The summed E-state index contributed by atoms with van der Waals surface area (Å²) in [6, 6.07) is 12.2. The summed E-state index contributed by atoms with van der Waals surface area (Å²) in [5.41, 5.74) is 1.18. The Balaban J connectivity index is 1.61. The van der Waals surface area contributed by atoms with Crippen LogP contribution in [0.4, 0.5) is 8.78 Å². The topological polar surface area (TPSA) is 78.6 Å². The SMILES string of the molecule is C[C@@H](OC(=O)Cc1noc2ccccc12)C(=O)c1ccc(OC(F)F)cc1. The van der Waals surface area contributed by atoms with Crippen LogP contribution in [-0.2, 0) is 16.0 Å². The Labute approximate surface area is 152 Å². The maximum atomic E-state index is 12.3. The molecule has 0 aliphatic carbocycles. The van der Waals surface area contributed by atoms with Gasteiger partial charge in [0.15, 0.2) is 11.7 Å². The summed E-state index contributed by atoms with van der Waals surface area (Å²) in [6.07, 6.45) is -1.19. The Hall–Kier alpha value is -3.29. The Morgan fingerprint density at radius 1 is 1.11 bits per heavy atom. The summed E-state index contributed by atoms with van der Waals surface area (Å²) < 4.78 is 38.8. The maximum absolute atomic E-state index is 12.3. The van der Waals surface area contributed by atoms with Crippen molar-refractivity contribution in [2.75, 3.05) is 0 Å². The van der Waals surface area contributed by atoms with Crippen LogP contribution >= 0.6 is 0 Å². The number of hydrogen-bond donors (Lipinski definition) is 0. The van der Waals surface area contributed by atoms with Gasteiger partial charge in [0.2, 0.25) is 5.78 Å². The second-order valence-corrected chi connectivity index (χ2v) is 5.70. The lowest BCUT2D eigenvalue weighted by molar-refractivity contribution is -0.145. The van der Waals surface area contributed by atoms with Crippen molar-refractivity contribution in [2.45, 2.75) is 26.1 Å². The molecule has 0 bridgehead atoms. The van der Waals surface area contributed by atoms with E-state index < -0.39 is 24.5 Å². The molecule has 6 nitrogen and oxygen atoms in total. The van der Waals surface area contributed by atoms with Crippen molar-refractivity contribution < 1.29 is 32.4 Å². The normalized spacial score (nSPS) is 12.1. The van der Waals surface area contributed by atoms with Gasteiger partial charge in [0.1, 0.15) is 11.4 Å². The lowest BCUT2D eigenvalue weighted by Crippen LogP contribution is -2.25. The smallest absolute Gasteiger partial charge is 0.387 e. The Bertz CT molecular complexity index is 952. The van der Waals surface area contributed by atoms with Gasteiger partial charge in [0, 0.05) is 10.9 Å². The molecule has 3 aromatic rings. The number of aromatic nitrogens is 1. The molecular formula is C19H15F2NO5. The van der Waals surface area contributed by atoms with E-state index in [2.05, 4.69) is 9.89 Å². The second kappa shape index (κ2) is 7.94. The quantitative estimate of drug-likeness (QED) is 0.462. The van der Waals surface area contributed by atoms with E-state index in [1.165, 1.54) is 31.2 Å². The highest BCUT2D eigenvalue weighted by molar-refractivity contribution is 6.00. The van der Waals surface area contributed by atoms with E-state index in [0.717, 1.165) is 0 Å². The van der Waals surface area contributed by atoms with Crippen LogP contribution in [0.5, 0.6) is 5.75 Å². The average Bonchev–Trinajstić information content (AvgIpc) is 3.04. The van der Waals surface area contributed by atoms with E-state index >= 15 is 0 Å². The van der Waals surface area contributed by atoms with Crippen molar-refractivity contribution in [1.29, 1.82) is 0 Å². The molecule has 1 heterocycles. The predicted molar refractivity (Wildman–Crippen MR) is 90.7 cm³/mol. The third-order valence-corrected chi connectivity index (χ3v) is 3.81. The van der Waals surface area contributed by atoms with Crippen LogP contribution in [-0.4, -0.2) is 29.6 Å². The molecule has 0 fully saturated rings. The molecule has 0 aliphatic heterocycles. The van der Waals surface area contributed by atoms with Gasteiger partial charge in [-0.2, -0.15) is 8.78 Å². The maximum Gasteiger partial charge on any atom is 0.387 e. The van der Waals surface area contributed by atoms with E-state index in [0.29, 0.717) is 16.7 Å². The average molecular weight is 375 g/mol. The minimum atomic E-state index is -2.95. The summed E-state index contributed by atoms with van der Waals surface area (Å²) in [5.74, 6) is -1.16. The number of benzene rings is 2. The summed E-state index contributed by atoms with van der Waals surface area (Å²) in [5, 5.41) is 4.54. The van der Waals surface area contributed by atoms with Crippen LogP contribution in [0.1, 0.15) is 23.0 Å². The highest BCUT2D eigenvalue weighted by Gasteiger charge is 2.21. The van der Waals surface area contributed by atoms with Gasteiger partial charge in [-0.1, -0.05) is 17.3 Å². The number of esters is 1. The summed E-state index contributed by atoms with van der Waals surface area (Å²) in [6.45, 7) is -1.51. The lowest BCUT2D eigenvalue weighted by Gasteiger charge is -2.12. The predicted octanol–water partition coefficient (Wildman–Crippen LogP) is 3.79. The van der Waals surface area contributed by atoms with E-state index in [1.807, 2.05) is 0 Å². The van der Waals surface area contributed by atoms with E-state index in [1.54, 1.807) is 24.3 Å². The molecule has 2 aromatic carbocycles. The number of alkyl halides is 2. The number of hydrogen-bond acceptors (Lipinski definition) is 6. The lowest BCUT2D eigenvalue weighted by atomic mass is 10.1. The van der Waals surface area contributed by atoms with E-state index in [4.69, 9.17) is 9.26 Å². The van der Waals surface area contributed by atoms with Gasteiger partial charge in [0.25, 0.3) is 0 Å². The number of ketones is 1. The molecule has 0 saturated carbocycles. The molecule has 1 aromatic heterocycles. The van der Waals surface area contributed by atoms with Crippen LogP contribution in [0, 0.1) is 0 Å². The number of carbonyl (C=O) groups excluding carboxylic acids is 2. The first-order chi connectivity index (χ1) is 12.9. The van der Waals surface area contributed by atoms with Crippen LogP contribution in [0.2, 0.25) is 0 Å². The molecule has 0 saturated heterocycles. The van der Waals surface area contributed by atoms with Crippen LogP contribution in [0.3, 0.4) is 0 Å². The van der Waals surface area contributed by atoms with Crippen molar-refractivity contribution in [2.24, 2.45) is 0 Å². The fourth-order valence-corrected chi connectivity index (χ4v) is 2.53. The van der Waals surface area contributed by atoms with Gasteiger partial charge in [-0.15, -0.1) is 0 Å². The first-order valence-corrected chi connectivity index (χ1v) is 8.06. The molecule has 8 heteroatoms. The zero-order chi connectivity index (χ0) is 19.4. The van der Waals surface area contributed by atoms with Gasteiger partial charge in [-0.05, 0) is 43.3 Å². The van der Waals surface area contributed by atoms with Gasteiger partial charge in [0.05, 0.1) is 6.42 Å². The molecule has 0 spiro atoms. The fourth-order valence-electron chi connectivity index (χ4n) is 2.53. The first kappa shape index (κ1) is 18.5. The second-order valence-electron chi connectivity index (χ2n) is 5.70. The number of carbonyl (C=O) groups is 2. The molecule has 0 radical (unpaired) electrons. The Morgan fingerprint density at radius 3 is 2.52 bits per heavy atom. The first-order valence-electron chi connectivity index (χ1n) is 8.06. The number of para-hydroxylation sites is 1. The standard InChI is InChI=1S/C19H15F2NO5/c1-11(18(24)12-6-8-13(9-7-12)26-19(20)21)25-17(23)10-15-14-4-2-3-5-16(14)27-22-15/h2-9,11,19H,10H2,1H3/t11-/m1/s1. The molecule has 0 aliphatic rings. The van der Waals surface area contributed by atoms with Crippen LogP contribution in [0.25, 0.3) is 11.0 Å². The molecule has 27 heavy (non-hydrogen) atoms. The highest BCUT2D eigenvalue weighted by atomic mass is 19.3. The molecule has 3 rings (SSSR count). The Morgan fingerprint density at radius 2 is 1.81 bits per heavy atom. The van der Waals surface area contributed by atoms with Crippen molar-refractivity contribution in [3.05, 3.63) is 59.8 Å². The highest BCUT2D eigenvalue weighted by Crippen LogP contribution is 2.19. The minimum Gasteiger partial charge on any atom is -0.454 e. The number of rotatable bonds is 7. The molecular weight excluding hydrogens is 360 g/mol.